The average Bonchev–Trinajstić information content (AvgIpc) is 3.17. The Balaban J connectivity index is 2.96. The molecule has 0 saturated carbocycles. The number of carbonyl (C=O) groups excluding carboxylic acids is 6. The summed E-state index contributed by atoms with van der Waals surface area (Å²) in [5.74, 6) is -7.84. The van der Waals surface area contributed by atoms with Gasteiger partial charge in [-0.25, -0.2) is 24.0 Å². The molecule has 0 aromatic carbocycles. The van der Waals surface area contributed by atoms with Crippen LogP contribution in [0.25, 0.3) is 0 Å². The van der Waals surface area contributed by atoms with Crippen molar-refractivity contribution in [3.8, 4) is 0 Å². The van der Waals surface area contributed by atoms with Gasteiger partial charge in [-0.05, 0) is 94.4 Å². The van der Waals surface area contributed by atoms with E-state index in [4.69, 9.17) is 14.2 Å². The molecule has 0 aliphatic carbocycles. The number of amides is 5. The highest BCUT2D eigenvalue weighted by Gasteiger charge is 2.32. The maximum absolute atomic E-state index is 13.4. The Hall–Kier alpha value is -5.82. The van der Waals surface area contributed by atoms with Gasteiger partial charge < -0.3 is 60.8 Å². The number of carboxylic acids is 4. The van der Waals surface area contributed by atoms with Gasteiger partial charge >= 0.3 is 53.8 Å². The van der Waals surface area contributed by atoms with Gasteiger partial charge in [-0.15, -0.1) is 0 Å². The van der Waals surface area contributed by atoms with Crippen molar-refractivity contribution in [3.63, 3.8) is 0 Å². The van der Waals surface area contributed by atoms with Crippen molar-refractivity contribution in [2.45, 2.75) is 142 Å². The van der Waals surface area contributed by atoms with Gasteiger partial charge in [0.25, 0.3) is 0 Å². The van der Waals surface area contributed by atoms with Gasteiger partial charge in [0.2, 0.25) is 5.91 Å². The largest absolute Gasteiger partial charge is 0.480 e. The smallest absolute Gasteiger partial charge is 0.329 e. The summed E-state index contributed by atoms with van der Waals surface area (Å²) in [4.78, 5) is 131. The van der Waals surface area contributed by atoms with Crippen LogP contribution in [0.3, 0.4) is 0 Å². The first-order valence-corrected chi connectivity index (χ1v) is 22.9. The summed E-state index contributed by atoms with van der Waals surface area (Å²) in [6.07, 6.45) is -0.816. The number of unbranched alkanes of at least 4 members (excludes halogenated alkanes) is 1. The first-order chi connectivity index (χ1) is 31.8. The van der Waals surface area contributed by atoms with E-state index >= 15 is 0 Å². The Morgan fingerprint density at radius 3 is 1.26 bits per heavy atom. The third-order valence-corrected chi connectivity index (χ3v) is 9.74. The van der Waals surface area contributed by atoms with E-state index in [0.29, 0.717) is 0 Å². The van der Waals surface area contributed by atoms with Gasteiger partial charge in [-0.3, -0.25) is 38.7 Å². The fourth-order valence-corrected chi connectivity index (χ4v) is 6.62. The summed E-state index contributed by atoms with van der Waals surface area (Å²) < 4.78 is 16.2. The highest BCUT2D eigenvalue weighted by atomic mass is 16.6. The lowest BCUT2D eigenvalue weighted by atomic mass is 10.1. The molecule has 1 heterocycles. The first kappa shape index (κ1) is 61.2. The molecule has 0 bridgehead atoms. The molecule has 5 amide bonds. The van der Waals surface area contributed by atoms with E-state index in [9.17, 15) is 68.4 Å². The van der Waals surface area contributed by atoms with Crippen LogP contribution in [0.15, 0.2) is 0 Å². The highest BCUT2D eigenvalue weighted by molar-refractivity contribution is 5.88. The number of nitrogens with one attached hydrogen (secondary N) is 4. The standard InChI is InChI=1S/C44H76N8O17/c1-42(2,3)67-36(60)16-14-31(39(64)69-44(7,8)9)48-40(65)47-30(38(63)68-43(4,5)6)13-15-32(53)46-29(37(61)62)12-10-11-17-45-41(66)52-24-22-50(27-34(56)57)20-18-49(26-33(54)55)19-21-51(23-25-52)28-35(58)59/h29-31H,10-28H2,1-9H3,(H,45,66)(H,46,53)(H,54,55)(H,56,57)(H,58,59)(H,61,62)(H2,47,48,65)/t29-,30-,31-/m0/s1. The zero-order chi connectivity index (χ0) is 52.7. The zero-order valence-corrected chi connectivity index (χ0v) is 41.6. The Kier molecular flexibility index (Phi) is 26.0. The number of esters is 3. The number of hydrogen-bond acceptors (Lipinski definition) is 16. The van der Waals surface area contributed by atoms with Crippen molar-refractivity contribution in [1.29, 1.82) is 0 Å². The highest BCUT2D eigenvalue weighted by Crippen LogP contribution is 2.15. The van der Waals surface area contributed by atoms with E-state index in [1.807, 2.05) is 0 Å². The number of ether oxygens (including phenoxy) is 3. The maximum Gasteiger partial charge on any atom is 0.329 e. The third kappa shape index (κ3) is 29.6. The Morgan fingerprint density at radius 2 is 0.884 bits per heavy atom. The summed E-state index contributed by atoms with van der Waals surface area (Å²) in [7, 11) is 0. The van der Waals surface area contributed by atoms with Crippen molar-refractivity contribution in [2.24, 2.45) is 0 Å². The molecule has 0 radical (unpaired) electrons. The second kappa shape index (κ2) is 29.3. The van der Waals surface area contributed by atoms with Gasteiger partial charge in [0, 0.05) is 71.7 Å². The minimum Gasteiger partial charge on any atom is -0.480 e. The molecule has 0 aromatic rings. The van der Waals surface area contributed by atoms with Gasteiger partial charge in [0.1, 0.15) is 34.9 Å². The lowest BCUT2D eigenvalue weighted by Crippen LogP contribution is -2.53. The quantitative estimate of drug-likeness (QED) is 0.0393. The molecule has 25 nitrogen and oxygen atoms in total. The van der Waals surface area contributed by atoms with E-state index in [0.717, 1.165) is 0 Å². The number of rotatable bonds is 23. The Bertz CT molecular complexity index is 1730. The normalized spacial score (nSPS) is 16.2. The summed E-state index contributed by atoms with van der Waals surface area (Å²) in [6, 6.07) is -5.71. The number of aliphatic carboxylic acids is 4. The maximum atomic E-state index is 13.4. The van der Waals surface area contributed by atoms with Gasteiger partial charge in [-0.2, -0.15) is 0 Å². The molecule has 1 saturated heterocycles. The van der Waals surface area contributed by atoms with E-state index < -0.39 is 101 Å². The lowest BCUT2D eigenvalue weighted by molar-refractivity contribution is -0.159. The molecule has 1 rings (SSSR count). The van der Waals surface area contributed by atoms with Gasteiger partial charge in [0.15, 0.2) is 0 Å². The number of nitrogens with zero attached hydrogens (tertiary/aromatic N) is 4. The molecule has 394 valence electrons. The van der Waals surface area contributed by atoms with Crippen LogP contribution in [-0.4, -0.2) is 213 Å². The van der Waals surface area contributed by atoms with Crippen LogP contribution < -0.4 is 21.3 Å². The third-order valence-electron chi connectivity index (χ3n) is 9.74. The predicted octanol–water partition coefficient (Wildman–Crippen LogP) is 0.533. The minimum absolute atomic E-state index is 0.0562. The summed E-state index contributed by atoms with van der Waals surface area (Å²) in [5.41, 5.74) is -2.77. The molecule has 1 aliphatic rings. The molecule has 1 fully saturated rings. The van der Waals surface area contributed by atoms with Crippen molar-refractivity contribution in [1.82, 2.24) is 40.9 Å². The first-order valence-electron chi connectivity index (χ1n) is 22.9. The number of carboxylic acid groups (broad SMARTS) is 4. The van der Waals surface area contributed by atoms with E-state index in [-0.39, 0.29) is 117 Å². The minimum atomic E-state index is -1.45. The molecule has 0 spiro atoms. The molecule has 25 heteroatoms. The van der Waals surface area contributed by atoms with E-state index in [1.165, 1.54) is 4.90 Å². The van der Waals surface area contributed by atoms with Crippen LogP contribution in [0, 0.1) is 0 Å². The molecule has 8 N–H and O–H groups in total. The van der Waals surface area contributed by atoms with Crippen LogP contribution >= 0.6 is 0 Å². The molecule has 1 aliphatic heterocycles. The van der Waals surface area contributed by atoms with Crippen LogP contribution in [0.5, 0.6) is 0 Å². The van der Waals surface area contributed by atoms with Crippen molar-refractivity contribution in [2.75, 3.05) is 78.5 Å². The van der Waals surface area contributed by atoms with Crippen LogP contribution in [0.1, 0.15) is 107 Å². The van der Waals surface area contributed by atoms with Crippen molar-refractivity contribution >= 4 is 59.8 Å². The SMILES string of the molecule is CC(C)(C)OC(=O)CC[C@H](NC(=O)N[C@@H](CCC(=O)N[C@@H](CCCCNC(=O)N1CCN(CC(=O)O)CCN(CC(=O)O)CCN(CC(=O)O)CC1)C(=O)O)C(=O)OC(C)(C)C)C(=O)OC(C)(C)C. The van der Waals surface area contributed by atoms with Crippen LogP contribution in [-0.2, 0) is 52.6 Å². The van der Waals surface area contributed by atoms with Crippen molar-refractivity contribution in [3.05, 3.63) is 0 Å². The predicted molar refractivity (Wildman–Crippen MR) is 246 cm³/mol. The van der Waals surface area contributed by atoms with Gasteiger partial charge in [0.05, 0.1) is 19.6 Å². The second-order valence-corrected chi connectivity index (χ2v) is 19.6. The number of urea groups is 2. The average molecular weight is 989 g/mol. The molecule has 0 aromatic heterocycles. The monoisotopic (exact) mass is 989 g/mol. The fraction of sp³-hybridized carbons (Fsp3) is 0.773. The summed E-state index contributed by atoms with van der Waals surface area (Å²) >= 11 is 0. The molecule has 69 heavy (non-hydrogen) atoms. The molecule has 0 unspecified atom stereocenters. The zero-order valence-electron chi connectivity index (χ0n) is 41.6. The Morgan fingerprint density at radius 1 is 0.493 bits per heavy atom. The van der Waals surface area contributed by atoms with E-state index in [1.54, 1.807) is 77.0 Å². The van der Waals surface area contributed by atoms with Crippen LogP contribution in [0.4, 0.5) is 9.59 Å². The lowest BCUT2D eigenvalue weighted by Gasteiger charge is -2.33. The summed E-state index contributed by atoms with van der Waals surface area (Å²) in [5, 5.41) is 48.2. The number of hydrogen-bond donors (Lipinski definition) is 8. The topological polar surface area (TPSA) is 340 Å². The fourth-order valence-electron chi connectivity index (χ4n) is 6.62. The number of carbonyl (C=O) groups is 10. The van der Waals surface area contributed by atoms with Crippen LogP contribution in [0.2, 0.25) is 0 Å². The molecular weight excluding hydrogens is 913 g/mol. The van der Waals surface area contributed by atoms with Crippen molar-refractivity contribution < 1.29 is 82.6 Å². The molecular formula is C44H76N8O17. The van der Waals surface area contributed by atoms with Gasteiger partial charge in [-0.1, -0.05) is 0 Å². The molecule has 3 atom stereocenters. The summed E-state index contributed by atoms with van der Waals surface area (Å²) in [6.45, 7) is 14.7. The van der Waals surface area contributed by atoms with E-state index in [2.05, 4.69) is 21.3 Å². The second-order valence-electron chi connectivity index (χ2n) is 19.6. The Labute approximate surface area is 403 Å².